The third-order valence-corrected chi connectivity index (χ3v) is 1.64. The van der Waals surface area contributed by atoms with Crippen molar-refractivity contribution >= 4 is 17.6 Å². The number of anilines is 1. The van der Waals surface area contributed by atoms with Gasteiger partial charge in [-0.1, -0.05) is 18.2 Å². The molecule has 14 heavy (non-hydrogen) atoms. The fourth-order valence-corrected chi connectivity index (χ4v) is 1.11. The number of amides is 1. The molecule has 0 heterocycles. The lowest BCUT2D eigenvalue weighted by Gasteiger charge is -2.08. The molecule has 0 bridgehead atoms. The molecule has 1 aromatic carbocycles. The molecule has 1 aromatic rings. The van der Waals surface area contributed by atoms with E-state index in [0.29, 0.717) is 11.3 Å². The van der Waals surface area contributed by atoms with Gasteiger partial charge in [-0.25, -0.2) is 0 Å². The highest BCUT2D eigenvalue weighted by molar-refractivity contribution is 5.91. The van der Waals surface area contributed by atoms with Crippen molar-refractivity contribution in [1.82, 2.24) is 5.73 Å². The topological polar surface area (TPSA) is 103 Å². The Bertz CT molecular complexity index is 327. The van der Waals surface area contributed by atoms with Crippen LogP contribution in [0.1, 0.15) is 5.56 Å². The van der Waals surface area contributed by atoms with Gasteiger partial charge in [-0.3, -0.25) is 15.9 Å². The molecule has 0 aromatic heterocycles. The smallest absolute Gasteiger partial charge is 0.242 e. The van der Waals surface area contributed by atoms with Gasteiger partial charge < -0.3 is 11.1 Å². The molecule has 0 spiro atoms. The molecule has 5 N–H and O–H groups in total. The number of benzene rings is 1. The van der Waals surface area contributed by atoms with Gasteiger partial charge in [0.2, 0.25) is 5.91 Å². The first kappa shape index (κ1) is 10.0. The minimum Gasteiger partial charge on any atom is -0.370 e. The van der Waals surface area contributed by atoms with Crippen LogP contribution in [0.15, 0.2) is 24.3 Å². The maximum absolute atomic E-state index is 10.6. The molecule has 0 unspecified atom stereocenters. The van der Waals surface area contributed by atoms with E-state index < -0.39 is 5.91 Å². The molecular formula is C9H11N4O. The van der Waals surface area contributed by atoms with Gasteiger partial charge in [-0.15, -0.1) is 0 Å². The first-order valence-corrected chi connectivity index (χ1v) is 4.03. The summed E-state index contributed by atoms with van der Waals surface area (Å²) in [5.74, 6) is -0.849. The molecular weight excluding hydrogens is 180 g/mol. The molecule has 0 fully saturated rings. The molecule has 73 valence electrons. The van der Waals surface area contributed by atoms with Crippen LogP contribution in [0.4, 0.5) is 5.69 Å². The zero-order valence-electron chi connectivity index (χ0n) is 7.50. The van der Waals surface area contributed by atoms with Gasteiger partial charge in [-0.2, -0.15) is 0 Å². The molecule has 0 aliphatic heterocycles. The minimum absolute atomic E-state index is 0.0243. The predicted molar refractivity (Wildman–Crippen MR) is 53.8 cm³/mol. The predicted octanol–water partition coefficient (Wildman–Crippen LogP) is 0.344. The number of nitrogens with two attached hydrogens (primary N) is 1. The standard InChI is InChI=1S/C9H11N4O/c10-8(14)5-6-3-1-2-4-7(6)13-9(11)12/h1-4,10H,5H2,(H4,11,12,13). The number of para-hydroxylation sites is 1. The lowest BCUT2D eigenvalue weighted by molar-refractivity contribution is -0.118. The lowest BCUT2D eigenvalue weighted by Crippen LogP contribution is -2.21. The van der Waals surface area contributed by atoms with Gasteiger partial charge in [0.15, 0.2) is 5.96 Å². The summed E-state index contributed by atoms with van der Waals surface area (Å²) in [6, 6.07) is 6.96. The van der Waals surface area contributed by atoms with Crippen molar-refractivity contribution in [2.45, 2.75) is 6.42 Å². The summed E-state index contributed by atoms with van der Waals surface area (Å²) < 4.78 is 0. The van der Waals surface area contributed by atoms with Crippen molar-refractivity contribution < 1.29 is 4.79 Å². The van der Waals surface area contributed by atoms with Crippen molar-refractivity contribution in [1.29, 1.82) is 5.41 Å². The van der Waals surface area contributed by atoms with Crippen LogP contribution in [0, 0.1) is 5.41 Å². The third kappa shape index (κ3) is 2.78. The lowest BCUT2D eigenvalue weighted by atomic mass is 10.1. The van der Waals surface area contributed by atoms with Gasteiger partial charge in [-0.05, 0) is 11.6 Å². The number of guanidine groups is 1. The van der Waals surface area contributed by atoms with Crippen LogP contribution in [-0.2, 0) is 11.2 Å². The number of carbonyl (C=O) groups is 1. The summed E-state index contributed by atoms with van der Waals surface area (Å²) in [7, 11) is 0. The maximum Gasteiger partial charge on any atom is 0.242 e. The summed E-state index contributed by atoms with van der Waals surface area (Å²) in [6.45, 7) is 0. The molecule has 5 heteroatoms. The molecule has 0 saturated heterocycles. The molecule has 0 aliphatic rings. The Morgan fingerprint density at radius 3 is 2.64 bits per heavy atom. The highest BCUT2D eigenvalue weighted by atomic mass is 16.1. The number of hydrogen-bond donors (Lipinski definition) is 3. The van der Waals surface area contributed by atoms with Crippen molar-refractivity contribution in [2.24, 2.45) is 5.73 Å². The van der Waals surface area contributed by atoms with Crippen LogP contribution >= 0.6 is 0 Å². The van der Waals surface area contributed by atoms with Crippen LogP contribution in [0.2, 0.25) is 0 Å². The van der Waals surface area contributed by atoms with Gasteiger partial charge >= 0.3 is 0 Å². The third-order valence-electron chi connectivity index (χ3n) is 1.64. The normalized spacial score (nSPS) is 9.43. The van der Waals surface area contributed by atoms with Gasteiger partial charge in [0.05, 0.1) is 6.42 Å². The van der Waals surface area contributed by atoms with Crippen LogP contribution in [0.25, 0.3) is 0 Å². The first-order chi connectivity index (χ1) is 6.59. The summed E-state index contributed by atoms with van der Waals surface area (Å²) in [5.41, 5.74) is 13.3. The van der Waals surface area contributed by atoms with E-state index in [-0.39, 0.29) is 12.4 Å². The first-order valence-electron chi connectivity index (χ1n) is 4.03. The van der Waals surface area contributed by atoms with E-state index in [4.69, 9.17) is 16.9 Å². The monoisotopic (exact) mass is 191 g/mol. The largest absolute Gasteiger partial charge is 0.370 e. The average molecular weight is 191 g/mol. The SMILES string of the molecule is [NH]C(=O)Cc1ccccc1NC(=N)N. The second-order valence-corrected chi connectivity index (χ2v) is 2.80. The van der Waals surface area contributed by atoms with E-state index in [1.165, 1.54) is 0 Å². The van der Waals surface area contributed by atoms with Gasteiger partial charge in [0, 0.05) is 5.69 Å². The van der Waals surface area contributed by atoms with E-state index >= 15 is 0 Å². The molecule has 1 amide bonds. The van der Waals surface area contributed by atoms with Crippen LogP contribution in [0.3, 0.4) is 0 Å². The molecule has 1 radical (unpaired) electrons. The highest BCUT2D eigenvalue weighted by Crippen LogP contribution is 2.14. The fourth-order valence-electron chi connectivity index (χ4n) is 1.11. The number of carbonyl (C=O) groups excluding carboxylic acids is 1. The number of rotatable bonds is 3. The van der Waals surface area contributed by atoms with Gasteiger partial charge in [0.25, 0.3) is 0 Å². The Morgan fingerprint density at radius 1 is 1.43 bits per heavy atom. The van der Waals surface area contributed by atoms with Crippen molar-refractivity contribution in [3.63, 3.8) is 0 Å². The Balaban J connectivity index is 2.90. The number of hydrogen-bond acceptors (Lipinski definition) is 2. The summed E-state index contributed by atoms with van der Waals surface area (Å²) in [6.07, 6.45) is 0.0243. The Morgan fingerprint density at radius 2 is 2.07 bits per heavy atom. The Hall–Kier alpha value is -2.04. The van der Waals surface area contributed by atoms with Crippen LogP contribution < -0.4 is 16.8 Å². The quantitative estimate of drug-likeness (QED) is 0.474. The van der Waals surface area contributed by atoms with Crippen molar-refractivity contribution in [2.75, 3.05) is 5.32 Å². The van der Waals surface area contributed by atoms with E-state index in [1.54, 1.807) is 24.3 Å². The van der Waals surface area contributed by atoms with E-state index in [1.807, 2.05) is 0 Å². The second-order valence-electron chi connectivity index (χ2n) is 2.80. The molecule has 5 nitrogen and oxygen atoms in total. The van der Waals surface area contributed by atoms with Gasteiger partial charge in [0.1, 0.15) is 0 Å². The Kier molecular flexibility index (Phi) is 3.06. The highest BCUT2D eigenvalue weighted by Gasteiger charge is 2.05. The van der Waals surface area contributed by atoms with E-state index in [2.05, 4.69) is 5.32 Å². The summed E-state index contributed by atoms with van der Waals surface area (Å²) in [5, 5.41) is 9.65. The van der Waals surface area contributed by atoms with Crippen molar-refractivity contribution in [3.05, 3.63) is 29.8 Å². The molecule has 0 saturated carbocycles. The van der Waals surface area contributed by atoms with E-state index in [9.17, 15) is 4.79 Å². The fraction of sp³-hybridized carbons (Fsp3) is 0.111. The molecule has 1 rings (SSSR count). The second kappa shape index (κ2) is 4.27. The van der Waals surface area contributed by atoms with Crippen LogP contribution in [-0.4, -0.2) is 11.9 Å². The minimum atomic E-state index is -0.664. The average Bonchev–Trinajstić information content (AvgIpc) is 2.06. The van der Waals surface area contributed by atoms with E-state index in [0.717, 1.165) is 0 Å². The number of nitrogens with one attached hydrogen (secondary N) is 3. The summed E-state index contributed by atoms with van der Waals surface area (Å²) in [4.78, 5) is 10.6. The Labute approximate surface area is 81.6 Å². The molecule has 0 atom stereocenters. The summed E-state index contributed by atoms with van der Waals surface area (Å²) >= 11 is 0. The zero-order chi connectivity index (χ0) is 10.6. The maximum atomic E-state index is 10.6. The van der Waals surface area contributed by atoms with Crippen LogP contribution in [0.5, 0.6) is 0 Å². The zero-order valence-corrected chi connectivity index (χ0v) is 7.50. The van der Waals surface area contributed by atoms with Crippen molar-refractivity contribution in [3.8, 4) is 0 Å². The molecule has 0 aliphatic carbocycles.